The molecule has 3 aromatic carbocycles. The number of amides is 1. The van der Waals surface area contributed by atoms with Gasteiger partial charge in [-0.05, 0) is 64.5 Å². The highest BCUT2D eigenvalue weighted by atomic mass is 79.9. The molecular weight excluding hydrogens is 410 g/mol. The second-order valence-corrected chi connectivity index (χ2v) is 6.40. The molecule has 0 spiro atoms. The first-order valence-corrected chi connectivity index (χ1v) is 8.95. The van der Waals surface area contributed by atoms with Crippen molar-refractivity contribution in [1.29, 1.82) is 0 Å². The summed E-state index contributed by atoms with van der Waals surface area (Å²) in [6.07, 6.45) is 0. The third-order valence-corrected chi connectivity index (χ3v) is 4.24. The van der Waals surface area contributed by atoms with E-state index in [4.69, 9.17) is 9.47 Å². The fraction of sp³-hybridized carbons (Fsp3) is 0.0476. The van der Waals surface area contributed by atoms with Crippen LogP contribution in [0, 0.1) is 0 Å². The highest BCUT2D eigenvalue weighted by Gasteiger charge is 2.13. The summed E-state index contributed by atoms with van der Waals surface area (Å²) in [6.45, 7) is -0.373. The second kappa shape index (κ2) is 9.00. The molecule has 0 aromatic heterocycles. The molecule has 3 aromatic rings. The minimum atomic E-state index is -0.566. The monoisotopic (exact) mass is 425 g/mol. The van der Waals surface area contributed by atoms with Gasteiger partial charge in [0, 0.05) is 10.2 Å². The van der Waals surface area contributed by atoms with Gasteiger partial charge < -0.3 is 14.8 Å². The Morgan fingerprint density at radius 3 is 2.15 bits per heavy atom. The fourth-order valence-corrected chi connectivity index (χ4v) is 2.71. The summed E-state index contributed by atoms with van der Waals surface area (Å²) in [5.74, 6) is 0.393. The number of para-hydroxylation sites is 1. The lowest BCUT2D eigenvalue weighted by Gasteiger charge is -2.09. The molecule has 6 heteroatoms. The molecule has 0 fully saturated rings. The van der Waals surface area contributed by atoms with Crippen LogP contribution in [-0.4, -0.2) is 18.5 Å². The van der Waals surface area contributed by atoms with Crippen molar-refractivity contribution in [2.75, 3.05) is 11.9 Å². The molecule has 0 heterocycles. The lowest BCUT2D eigenvalue weighted by Crippen LogP contribution is -2.21. The van der Waals surface area contributed by atoms with E-state index in [0.717, 1.165) is 5.75 Å². The maximum absolute atomic E-state index is 12.0. The normalized spacial score (nSPS) is 10.1. The topological polar surface area (TPSA) is 64.6 Å². The molecule has 0 aliphatic heterocycles. The Kier molecular flexibility index (Phi) is 6.22. The SMILES string of the molecule is O=C(COC(=O)c1ccccc1Br)Nc1ccc(Oc2ccccc2)cc1. The van der Waals surface area contributed by atoms with E-state index < -0.39 is 11.9 Å². The van der Waals surface area contributed by atoms with Crippen molar-refractivity contribution in [3.05, 3.63) is 88.9 Å². The van der Waals surface area contributed by atoms with E-state index in [9.17, 15) is 9.59 Å². The number of hydrogen-bond donors (Lipinski definition) is 1. The van der Waals surface area contributed by atoms with Crippen LogP contribution in [0.2, 0.25) is 0 Å². The molecular formula is C21H16BrNO4. The fourth-order valence-electron chi connectivity index (χ4n) is 2.26. The van der Waals surface area contributed by atoms with E-state index in [1.165, 1.54) is 0 Å². The minimum Gasteiger partial charge on any atom is -0.457 e. The van der Waals surface area contributed by atoms with Gasteiger partial charge in [-0.1, -0.05) is 30.3 Å². The smallest absolute Gasteiger partial charge is 0.339 e. The number of carbonyl (C=O) groups is 2. The molecule has 0 aliphatic carbocycles. The highest BCUT2D eigenvalue weighted by molar-refractivity contribution is 9.10. The summed E-state index contributed by atoms with van der Waals surface area (Å²) < 4.78 is 11.3. The number of anilines is 1. The lowest BCUT2D eigenvalue weighted by molar-refractivity contribution is -0.119. The van der Waals surface area contributed by atoms with Crippen LogP contribution in [0.3, 0.4) is 0 Å². The molecule has 0 unspecified atom stereocenters. The molecule has 1 amide bonds. The van der Waals surface area contributed by atoms with Gasteiger partial charge in [0.2, 0.25) is 0 Å². The van der Waals surface area contributed by atoms with Crippen molar-refractivity contribution in [2.24, 2.45) is 0 Å². The molecule has 0 bridgehead atoms. The third kappa shape index (κ3) is 5.43. The van der Waals surface area contributed by atoms with E-state index in [1.54, 1.807) is 48.5 Å². The molecule has 27 heavy (non-hydrogen) atoms. The van der Waals surface area contributed by atoms with E-state index in [2.05, 4.69) is 21.2 Å². The van der Waals surface area contributed by atoms with Crippen LogP contribution in [0.25, 0.3) is 0 Å². The van der Waals surface area contributed by atoms with Crippen LogP contribution >= 0.6 is 15.9 Å². The maximum atomic E-state index is 12.0. The Balaban J connectivity index is 1.50. The summed E-state index contributed by atoms with van der Waals surface area (Å²) >= 11 is 3.27. The van der Waals surface area contributed by atoms with Crippen LogP contribution in [0.5, 0.6) is 11.5 Å². The third-order valence-electron chi connectivity index (χ3n) is 3.55. The predicted octanol–water partition coefficient (Wildman–Crippen LogP) is 5.04. The van der Waals surface area contributed by atoms with Crippen molar-refractivity contribution >= 4 is 33.5 Å². The van der Waals surface area contributed by atoms with E-state index in [0.29, 0.717) is 21.5 Å². The maximum Gasteiger partial charge on any atom is 0.339 e. The minimum absolute atomic E-state index is 0.368. The van der Waals surface area contributed by atoms with Gasteiger partial charge in [-0.25, -0.2) is 4.79 Å². The van der Waals surface area contributed by atoms with Crippen LogP contribution in [0.15, 0.2) is 83.3 Å². The largest absolute Gasteiger partial charge is 0.457 e. The molecule has 0 aliphatic rings. The molecule has 1 N–H and O–H groups in total. The first kappa shape index (κ1) is 18.7. The molecule has 0 radical (unpaired) electrons. The van der Waals surface area contributed by atoms with Gasteiger partial charge in [-0.15, -0.1) is 0 Å². The Bertz CT molecular complexity index is 926. The van der Waals surface area contributed by atoms with Crippen molar-refractivity contribution in [3.8, 4) is 11.5 Å². The van der Waals surface area contributed by atoms with Gasteiger partial charge in [0.25, 0.3) is 5.91 Å². The summed E-state index contributed by atoms with van der Waals surface area (Å²) in [6, 6.07) is 23.2. The number of ether oxygens (including phenoxy) is 2. The van der Waals surface area contributed by atoms with Gasteiger partial charge >= 0.3 is 5.97 Å². The molecule has 3 rings (SSSR count). The van der Waals surface area contributed by atoms with Gasteiger partial charge in [0.15, 0.2) is 6.61 Å². The number of rotatable bonds is 6. The van der Waals surface area contributed by atoms with Crippen molar-refractivity contribution in [2.45, 2.75) is 0 Å². The molecule has 0 saturated heterocycles. The quantitative estimate of drug-likeness (QED) is 0.562. The van der Waals surface area contributed by atoms with Crippen LogP contribution in [-0.2, 0) is 9.53 Å². The number of esters is 1. The number of halogens is 1. The average Bonchev–Trinajstić information content (AvgIpc) is 2.69. The van der Waals surface area contributed by atoms with Crippen LogP contribution < -0.4 is 10.1 Å². The first-order chi connectivity index (χ1) is 13.1. The lowest BCUT2D eigenvalue weighted by atomic mass is 10.2. The Hall–Kier alpha value is -3.12. The van der Waals surface area contributed by atoms with E-state index >= 15 is 0 Å². The van der Waals surface area contributed by atoms with Gasteiger partial charge in [0.1, 0.15) is 11.5 Å². The van der Waals surface area contributed by atoms with Gasteiger partial charge in [0.05, 0.1) is 5.56 Å². The summed E-state index contributed by atoms with van der Waals surface area (Å²) in [4.78, 5) is 24.0. The molecule has 0 atom stereocenters. The van der Waals surface area contributed by atoms with Crippen LogP contribution in [0.1, 0.15) is 10.4 Å². The highest BCUT2D eigenvalue weighted by Crippen LogP contribution is 2.22. The second-order valence-electron chi connectivity index (χ2n) is 5.54. The van der Waals surface area contributed by atoms with Crippen LogP contribution in [0.4, 0.5) is 5.69 Å². The zero-order valence-corrected chi connectivity index (χ0v) is 15.8. The number of hydrogen-bond acceptors (Lipinski definition) is 4. The average molecular weight is 426 g/mol. The van der Waals surface area contributed by atoms with Crippen molar-refractivity contribution < 1.29 is 19.1 Å². The Morgan fingerprint density at radius 1 is 0.815 bits per heavy atom. The Labute approximate surface area is 165 Å². The van der Waals surface area contributed by atoms with Crippen molar-refractivity contribution in [3.63, 3.8) is 0 Å². The summed E-state index contributed by atoms with van der Waals surface area (Å²) in [7, 11) is 0. The van der Waals surface area contributed by atoms with Crippen molar-refractivity contribution in [1.82, 2.24) is 0 Å². The van der Waals surface area contributed by atoms with Gasteiger partial charge in [-0.2, -0.15) is 0 Å². The zero-order chi connectivity index (χ0) is 19.1. The molecule has 136 valence electrons. The summed E-state index contributed by atoms with van der Waals surface area (Å²) in [5, 5.41) is 2.67. The Morgan fingerprint density at radius 2 is 1.44 bits per heavy atom. The number of nitrogens with one attached hydrogen (secondary N) is 1. The van der Waals surface area contributed by atoms with Gasteiger partial charge in [-0.3, -0.25) is 4.79 Å². The van der Waals surface area contributed by atoms with E-state index in [1.807, 2.05) is 30.3 Å². The number of benzene rings is 3. The summed E-state index contributed by atoms with van der Waals surface area (Å²) in [5.41, 5.74) is 0.949. The van der Waals surface area contributed by atoms with E-state index in [-0.39, 0.29) is 6.61 Å². The molecule has 0 saturated carbocycles. The molecule has 5 nitrogen and oxygen atoms in total. The first-order valence-electron chi connectivity index (χ1n) is 8.16. The number of carbonyl (C=O) groups excluding carboxylic acids is 2. The standard InChI is InChI=1S/C21H16BrNO4/c22-19-9-5-4-8-18(19)21(25)26-14-20(24)23-15-10-12-17(13-11-15)27-16-6-2-1-3-7-16/h1-13H,14H2,(H,23,24). The zero-order valence-electron chi connectivity index (χ0n) is 14.2. The predicted molar refractivity (Wildman–Crippen MR) is 106 cm³/mol.